The summed E-state index contributed by atoms with van der Waals surface area (Å²) in [5.41, 5.74) is 2.89. The van der Waals surface area contributed by atoms with Crippen LogP contribution in [0, 0.1) is 0 Å². The van der Waals surface area contributed by atoms with Gasteiger partial charge in [0.15, 0.2) is 0 Å². The third kappa shape index (κ3) is 4.09. The maximum absolute atomic E-state index is 9.02. The van der Waals surface area contributed by atoms with E-state index in [9.17, 15) is 0 Å². The molecule has 3 aromatic rings. The highest BCUT2D eigenvalue weighted by Crippen LogP contribution is 2.21. The van der Waals surface area contributed by atoms with E-state index in [1.165, 1.54) is 5.56 Å². The Balaban J connectivity index is 1.56. The van der Waals surface area contributed by atoms with E-state index in [4.69, 9.17) is 21.2 Å². The topological polar surface area (TPSA) is 71.2 Å². The first-order valence-corrected chi connectivity index (χ1v) is 7.64. The highest BCUT2D eigenvalue weighted by Gasteiger charge is 2.08. The number of nitrogens with zero attached hydrogens (tertiary/aromatic N) is 2. The molecule has 0 atom stereocenters. The van der Waals surface area contributed by atoms with Gasteiger partial charge in [-0.15, -0.1) is 0 Å². The molecule has 118 valence electrons. The maximum atomic E-state index is 9.02. The predicted molar refractivity (Wildman–Crippen MR) is 89.3 cm³/mol. The fraction of sp³-hybridized carbons (Fsp3) is 0.176. The molecule has 3 rings (SSSR count). The second kappa shape index (κ2) is 7.26. The van der Waals surface area contributed by atoms with Gasteiger partial charge in [-0.1, -0.05) is 53.2 Å². The van der Waals surface area contributed by atoms with Gasteiger partial charge in [-0.3, -0.25) is 0 Å². The minimum absolute atomic E-state index is 0.0623. The van der Waals surface area contributed by atoms with Crippen molar-refractivity contribution in [2.45, 2.75) is 13.0 Å². The molecule has 0 aliphatic heterocycles. The van der Waals surface area contributed by atoms with Crippen LogP contribution in [0.4, 0.5) is 6.01 Å². The highest BCUT2D eigenvalue weighted by molar-refractivity contribution is 6.30. The number of aliphatic hydroxyl groups is 1. The summed E-state index contributed by atoms with van der Waals surface area (Å²) in [4.78, 5) is 4.30. The Morgan fingerprint density at radius 3 is 2.61 bits per heavy atom. The molecular weight excluding hydrogens is 314 g/mol. The normalized spacial score (nSPS) is 10.7. The molecule has 2 N–H and O–H groups in total. The van der Waals surface area contributed by atoms with Gasteiger partial charge in [-0.2, -0.15) is 4.98 Å². The lowest BCUT2D eigenvalue weighted by molar-refractivity contribution is 0.282. The molecule has 0 radical (unpaired) electrons. The Morgan fingerprint density at radius 2 is 1.87 bits per heavy atom. The standard InChI is InChI=1S/C17H16ClN3O2/c18-15-3-1-2-14(10-15)16-20-17(23-21-16)19-9-8-12-4-6-13(11-22)7-5-12/h1-7,10,22H,8-9,11H2,(H,19,20,21). The molecule has 2 aromatic carbocycles. The van der Waals surface area contributed by atoms with Crippen molar-refractivity contribution >= 4 is 17.6 Å². The molecule has 0 unspecified atom stereocenters. The first kappa shape index (κ1) is 15.5. The lowest BCUT2D eigenvalue weighted by Crippen LogP contribution is -2.05. The molecule has 23 heavy (non-hydrogen) atoms. The number of anilines is 1. The third-order valence-electron chi connectivity index (χ3n) is 3.40. The zero-order valence-corrected chi connectivity index (χ0v) is 13.1. The van der Waals surface area contributed by atoms with Crippen molar-refractivity contribution in [3.8, 4) is 11.4 Å². The Kier molecular flexibility index (Phi) is 4.90. The van der Waals surface area contributed by atoms with Crippen molar-refractivity contribution in [1.82, 2.24) is 10.1 Å². The molecule has 6 heteroatoms. The van der Waals surface area contributed by atoms with Gasteiger partial charge in [-0.05, 0) is 29.7 Å². The number of nitrogens with one attached hydrogen (secondary N) is 1. The van der Waals surface area contributed by atoms with Gasteiger partial charge in [0.25, 0.3) is 0 Å². The Hall–Kier alpha value is -2.37. The summed E-state index contributed by atoms with van der Waals surface area (Å²) in [5.74, 6) is 0.502. The lowest BCUT2D eigenvalue weighted by Gasteiger charge is -2.03. The van der Waals surface area contributed by atoms with Crippen LogP contribution in [-0.2, 0) is 13.0 Å². The molecule has 0 fully saturated rings. The number of aliphatic hydroxyl groups excluding tert-OH is 1. The first-order chi connectivity index (χ1) is 11.2. The summed E-state index contributed by atoms with van der Waals surface area (Å²) < 4.78 is 5.19. The van der Waals surface area contributed by atoms with E-state index in [1.807, 2.05) is 36.4 Å². The van der Waals surface area contributed by atoms with Crippen molar-refractivity contribution in [3.63, 3.8) is 0 Å². The van der Waals surface area contributed by atoms with Gasteiger partial charge in [0.2, 0.25) is 5.82 Å². The van der Waals surface area contributed by atoms with Crippen molar-refractivity contribution in [2.75, 3.05) is 11.9 Å². The number of aromatic nitrogens is 2. The number of benzene rings is 2. The molecule has 0 saturated heterocycles. The van der Waals surface area contributed by atoms with E-state index >= 15 is 0 Å². The van der Waals surface area contributed by atoms with Gasteiger partial charge >= 0.3 is 6.01 Å². The van der Waals surface area contributed by atoms with E-state index in [0.29, 0.717) is 23.4 Å². The monoisotopic (exact) mass is 329 g/mol. The van der Waals surface area contributed by atoms with Crippen LogP contribution in [0.5, 0.6) is 0 Å². The number of hydrogen-bond acceptors (Lipinski definition) is 5. The smallest absolute Gasteiger partial charge is 0.321 e. The van der Waals surface area contributed by atoms with Crippen LogP contribution in [0.1, 0.15) is 11.1 Å². The van der Waals surface area contributed by atoms with Gasteiger partial charge in [-0.25, -0.2) is 0 Å². The Labute approximate surface area is 138 Å². The second-order valence-corrected chi connectivity index (χ2v) is 5.52. The molecule has 0 aliphatic rings. The zero-order chi connectivity index (χ0) is 16.1. The number of halogens is 1. The quantitative estimate of drug-likeness (QED) is 0.723. The lowest BCUT2D eigenvalue weighted by atomic mass is 10.1. The summed E-state index contributed by atoms with van der Waals surface area (Å²) in [6.45, 7) is 0.739. The van der Waals surface area contributed by atoms with Crippen LogP contribution in [0.15, 0.2) is 53.1 Å². The van der Waals surface area contributed by atoms with E-state index < -0.39 is 0 Å². The average molecular weight is 330 g/mol. The predicted octanol–water partition coefficient (Wildman–Crippen LogP) is 3.54. The Morgan fingerprint density at radius 1 is 1.09 bits per heavy atom. The second-order valence-electron chi connectivity index (χ2n) is 5.08. The van der Waals surface area contributed by atoms with Crippen LogP contribution in [0.25, 0.3) is 11.4 Å². The average Bonchev–Trinajstić information content (AvgIpc) is 3.04. The molecule has 0 aliphatic carbocycles. The van der Waals surface area contributed by atoms with Crippen LogP contribution < -0.4 is 5.32 Å². The van der Waals surface area contributed by atoms with Crippen molar-refractivity contribution in [1.29, 1.82) is 0 Å². The Bertz CT molecular complexity index is 772. The van der Waals surface area contributed by atoms with Gasteiger partial charge in [0.05, 0.1) is 6.61 Å². The van der Waals surface area contributed by atoms with Crippen molar-refractivity contribution in [3.05, 3.63) is 64.7 Å². The summed E-state index contributed by atoms with van der Waals surface area (Å²) in [7, 11) is 0. The molecule has 0 spiro atoms. The number of rotatable bonds is 6. The highest BCUT2D eigenvalue weighted by atomic mass is 35.5. The van der Waals surface area contributed by atoms with Crippen LogP contribution in [0.2, 0.25) is 5.02 Å². The molecule has 0 saturated carbocycles. The summed E-state index contributed by atoms with van der Waals surface area (Å²) >= 11 is 5.96. The zero-order valence-electron chi connectivity index (χ0n) is 12.4. The van der Waals surface area contributed by atoms with Crippen LogP contribution in [0.3, 0.4) is 0 Å². The van der Waals surface area contributed by atoms with Crippen LogP contribution >= 0.6 is 11.6 Å². The largest absolute Gasteiger partial charge is 0.392 e. The third-order valence-corrected chi connectivity index (χ3v) is 3.64. The molecule has 5 nitrogen and oxygen atoms in total. The molecule has 1 heterocycles. The van der Waals surface area contributed by atoms with E-state index in [0.717, 1.165) is 17.5 Å². The molecule has 0 amide bonds. The van der Waals surface area contributed by atoms with Gasteiger partial charge < -0.3 is 14.9 Å². The summed E-state index contributed by atoms with van der Waals surface area (Å²) in [6, 6.07) is 15.5. The van der Waals surface area contributed by atoms with E-state index in [1.54, 1.807) is 12.1 Å². The molecule has 1 aromatic heterocycles. The van der Waals surface area contributed by atoms with Crippen molar-refractivity contribution < 1.29 is 9.63 Å². The SMILES string of the molecule is OCc1ccc(CCNc2nc(-c3cccc(Cl)c3)no2)cc1. The summed E-state index contributed by atoms with van der Waals surface area (Å²) in [6.07, 6.45) is 0.820. The fourth-order valence-corrected chi connectivity index (χ4v) is 2.36. The summed E-state index contributed by atoms with van der Waals surface area (Å²) in [5, 5.41) is 16.7. The minimum atomic E-state index is 0.0623. The maximum Gasteiger partial charge on any atom is 0.321 e. The molecular formula is C17H16ClN3O2. The van der Waals surface area contributed by atoms with E-state index in [2.05, 4.69) is 15.5 Å². The van der Waals surface area contributed by atoms with Crippen LogP contribution in [-0.4, -0.2) is 21.8 Å². The van der Waals surface area contributed by atoms with Crippen molar-refractivity contribution in [2.24, 2.45) is 0 Å². The first-order valence-electron chi connectivity index (χ1n) is 7.27. The van der Waals surface area contributed by atoms with E-state index in [-0.39, 0.29) is 6.61 Å². The minimum Gasteiger partial charge on any atom is -0.392 e. The number of hydrogen-bond donors (Lipinski definition) is 2. The fourth-order valence-electron chi connectivity index (χ4n) is 2.17. The molecule has 0 bridgehead atoms. The van der Waals surface area contributed by atoms with Gasteiger partial charge in [0, 0.05) is 17.1 Å². The van der Waals surface area contributed by atoms with Gasteiger partial charge in [0.1, 0.15) is 0 Å².